The number of benzene rings is 6. The molecule has 8 aromatic carbocycles. The predicted molar refractivity (Wildman–Crippen MR) is 167 cm³/mol. The molecule has 180 valence electrons. The first-order valence-electron chi connectivity index (χ1n) is 13.3. The van der Waals surface area contributed by atoms with Crippen molar-refractivity contribution in [1.82, 2.24) is 0 Å². The van der Waals surface area contributed by atoms with Crippen molar-refractivity contribution in [2.24, 2.45) is 0 Å². The van der Waals surface area contributed by atoms with E-state index in [2.05, 4.69) is 147 Å². The van der Waals surface area contributed by atoms with Gasteiger partial charge in [-0.3, -0.25) is 0 Å². The minimum atomic E-state index is 1.21. The lowest BCUT2D eigenvalue weighted by molar-refractivity contribution is 1.51. The zero-order valence-corrected chi connectivity index (χ0v) is 21.7. The highest BCUT2D eigenvalue weighted by molar-refractivity contribution is 6.34. The molecule has 0 heterocycles. The van der Waals surface area contributed by atoms with Crippen molar-refractivity contribution in [2.75, 3.05) is 0 Å². The van der Waals surface area contributed by atoms with E-state index < -0.39 is 0 Å². The summed E-state index contributed by atoms with van der Waals surface area (Å²) in [5.41, 5.74) is 2.52. The highest BCUT2D eigenvalue weighted by Crippen LogP contribution is 2.40. The van der Waals surface area contributed by atoms with Gasteiger partial charge < -0.3 is 0 Å². The lowest BCUT2D eigenvalue weighted by Gasteiger charge is -2.13. The van der Waals surface area contributed by atoms with Crippen LogP contribution in [0.5, 0.6) is 0 Å². The van der Waals surface area contributed by atoms with Crippen molar-refractivity contribution >= 4 is 64.6 Å². The molecule has 2 bridgehead atoms. The average Bonchev–Trinajstić information content (AvgIpc) is 2.94. The number of rotatable bonds is 0. The maximum absolute atomic E-state index is 2.31. The summed E-state index contributed by atoms with van der Waals surface area (Å²) in [4.78, 5) is 0. The van der Waals surface area contributed by atoms with E-state index in [1.54, 1.807) is 0 Å². The predicted octanol–water partition coefficient (Wildman–Crippen LogP) is 10.9. The maximum atomic E-state index is 2.31. The minimum Gasteiger partial charge on any atom is -0.0616 e. The van der Waals surface area contributed by atoms with Gasteiger partial charge >= 0.3 is 0 Å². The van der Waals surface area contributed by atoms with Gasteiger partial charge in [0.25, 0.3) is 0 Å². The van der Waals surface area contributed by atoms with Crippen LogP contribution in [-0.2, 0) is 0 Å². The minimum absolute atomic E-state index is 1.21. The summed E-state index contributed by atoms with van der Waals surface area (Å²) in [7, 11) is 0. The molecule has 0 aliphatic heterocycles. The van der Waals surface area contributed by atoms with Crippen molar-refractivity contribution in [3.8, 4) is 0 Å². The summed E-state index contributed by atoms with van der Waals surface area (Å²) in [5.74, 6) is 0. The Hall–Kier alpha value is -4.68. The molecule has 0 saturated carbocycles. The third-order valence-corrected chi connectivity index (χ3v) is 7.77. The molecule has 0 aliphatic rings. The van der Waals surface area contributed by atoms with E-state index in [0.29, 0.717) is 0 Å². The van der Waals surface area contributed by atoms with Gasteiger partial charge in [0.05, 0.1) is 0 Å². The van der Waals surface area contributed by atoms with Crippen LogP contribution in [0.25, 0.3) is 64.6 Å². The van der Waals surface area contributed by atoms with Gasteiger partial charge in [-0.15, -0.1) is 0 Å². The smallest absolute Gasteiger partial charge is 0.00204 e. The Morgan fingerprint density at radius 1 is 0.289 bits per heavy atom. The Labute approximate surface area is 222 Å². The average molecular weight is 485 g/mol. The summed E-state index contributed by atoms with van der Waals surface area (Å²) < 4.78 is 0. The van der Waals surface area contributed by atoms with Crippen LogP contribution < -0.4 is 0 Å². The van der Waals surface area contributed by atoms with Crippen LogP contribution >= 0.6 is 0 Å². The number of aryl methyl sites for hydroxylation is 2. The molecular formula is C38H28. The Morgan fingerprint density at radius 3 is 1.03 bits per heavy atom. The summed E-state index contributed by atoms with van der Waals surface area (Å²) >= 11 is 0. The van der Waals surface area contributed by atoms with Crippen LogP contribution in [0, 0.1) is 13.8 Å². The van der Waals surface area contributed by atoms with Crippen molar-refractivity contribution < 1.29 is 0 Å². The zero-order chi connectivity index (χ0) is 25.6. The summed E-state index contributed by atoms with van der Waals surface area (Å²) in [6.45, 7) is 4.35. The Balaban J connectivity index is 1.91. The second-order valence-electron chi connectivity index (χ2n) is 10.3. The molecule has 0 aromatic heterocycles. The third kappa shape index (κ3) is 3.69. The number of hydrogen-bond acceptors (Lipinski definition) is 0. The fraction of sp³-hybridized carbons (Fsp3) is 0.0526. The highest BCUT2D eigenvalue weighted by Gasteiger charge is 2.11. The van der Waals surface area contributed by atoms with Crippen LogP contribution in [0.15, 0.2) is 133 Å². The van der Waals surface area contributed by atoms with Gasteiger partial charge in [-0.2, -0.15) is 0 Å². The molecule has 8 aromatic rings. The molecule has 0 aliphatic carbocycles. The molecule has 0 fully saturated rings. The fourth-order valence-corrected chi connectivity index (χ4v) is 5.98. The molecule has 38 heavy (non-hydrogen) atoms. The lowest BCUT2D eigenvalue weighted by Crippen LogP contribution is -1.85. The Bertz CT molecular complexity index is 1930. The van der Waals surface area contributed by atoms with E-state index in [4.69, 9.17) is 0 Å². The van der Waals surface area contributed by atoms with Gasteiger partial charge in [-0.05, 0) is 78.5 Å². The standard InChI is InChI=1S/C38H28/c1-25-15-21-31-29(23-25)19-17-27-9-3-4-10-28(27)18-20-30-24-26(2)16-22-32(30)38-35-13-7-5-11-33(35)37(31)34-12-6-8-14-36(34)38/h3-24H,1-2H3. The number of hydrogen-bond donors (Lipinski definition) is 0. The maximum Gasteiger partial charge on any atom is -0.00204 e. The molecule has 8 rings (SSSR count). The van der Waals surface area contributed by atoms with Crippen LogP contribution in [-0.4, -0.2) is 0 Å². The van der Waals surface area contributed by atoms with Crippen LogP contribution in [0.1, 0.15) is 11.1 Å². The van der Waals surface area contributed by atoms with Gasteiger partial charge in [0.2, 0.25) is 0 Å². The first-order chi connectivity index (χ1) is 18.7. The SMILES string of the molecule is Cc1ccc2c(ccc3ccccc3ccc3cc(C)ccc3c3c4ccccc4c2c2ccccc23)c1. The summed E-state index contributed by atoms with van der Waals surface area (Å²) in [5, 5.41) is 15.2. The van der Waals surface area contributed by atoms with Crippen LogP contribution in [0.2, 0.25) is 0 Å². The molecule has 0 unspecified atom stereocenters. The highest BCUT2D eigenvalue weighted by atomic mass is 14.1. The molecule has 0 spiro atoms. The van der Waals surface area contributed by atoms with Gasteiger partial charge in [0, 0.05) is 0 Å². The Kier molecular flexibility index (Phi) is 5.34. The topological polar surface area (TPSA) is 0 Å². The van der Waals surface area contributed by atoms with E-state index in [1.165, 1.54) is 75.8 Å². The van der Waals surface area contributed by atoms with Crippen molar-refractivity contribution in [3.63, 3.8) is 0 Å². The molecule has 0 N–H and O–H groups in total. The molecule has 0 atom stereocenters. The summed E-state index contributed by atoms with van der Waals surface area (Å²) in [6, 6.07) is 49.3. The van der Waals surface area contributed by atoms with Gasteiger partial charge in [0.1, 0.15) is 0 Å². The largest absolute Gasteiger partial charge is 0.0616 e. The lowest BCUT2D eigenvalue weighted by atomic mass is 9.90. The molecule has 0 saturated heterocycles. The van der Waals surface area contributed by atoms with E-state index in [-0.39, 0.29) is 0 Å². The first kappa shape index (κ1) is 22.5. The molecule has 0 amide bonds. The molecule has 0 nitrogen and oxygen atoms in total. The summed E-state index contributed by atoms with van der Waals surface area (Å²) in [6.07, 6.45) is 0. The zero-order valence-electron chi connectivity index (χ0n) is 21.7. The van der Waals surface area contributed by atoms with Gasteiger partial charge in [-0.25, -0.2) is 0 Å². The van der Waals surface area contributed by atoms with Crippen LogP contribution in [0.4, 0.5) is 0 Å². The van der Waals surface area contributed by atoms with Gasteiger partial charge in [-0.1, -0.05) is 145 Å². The second kappa shape index (κ2) is 9.01. The normalized spacial score (nSPS) is 11.4. The fourth-order valence-electron chi connectivity index (χ4n) is 5.98. The first-order valence-corrected chi connectivity index (χ1v) is 13.3. The Morgan fingerprint density at radius 2 is 0.632 bits per heavy atom. The van der Waals surface area contributed by atoms with Crippen LogP contribution in [0.3, 0.4) is 0 Å². The third-order valence-electron chi connectivity index (χ3n) is 7.77. The van der Waals surface area contributed by atoms with E-state index >= 15 is 0 Å². The second-order valence-corrected chi connectivity index (χ2v) is 10.3. The van der Waals surface area contributed by atoms with E-state index in [0.717, 1.165) is 0 Å². The number of fused-ring (bicyclic) bond motifs is 2. The van der Waals surface area contributed by atoms with Crippen molar-refractivity contribution in [2.45, 2.75) is 13.8 Å². The van der Waals surface area contributed by atoms with Crippen molar-refractivity contribution in [1.29, 1.82) is 0 Å². The van der Waals surface area contributed by atoms with E-state index in [9.17, 15) is 0 Å². The van der Waals surface area contributed by atoms with Crippen molar-refractivity contribution in [3.05, 3.63) is 145 Å². The monoisotopic (exact) mass is 484 g/mol. The van der Waals surface area contributed by atoms with E-state index in [1.807, 2.05) is 0 Å². The molecular weight excluding hydrogens is 456 g/mol. The van der Waals surface area contributed by atoms with Gasteiger partial charge in [0.15, 0.2) is 0 Å². The molecule has 0 radical (unpaired) electrons. The quantitative estimate of drug-likeness (QED) is 0.188. The molecule has 0 heteroatoms.